The number of hydrogen-bond donors (Lipinski definition) is 2. The van der Waals surface area contributed by atoms with Crippen molar-refractivity contribution in [3.8, 4) is 0 Å². The third-order valence-electron chi connectivity index (χ3n) is 6.83. The monoisotopic (exact) mass is 499 g/mol. The van der Waals surface area contributed by atoms with Crippen molar-refractivity contribution in [3.63, 3.8) is 0 Å². The van der Waals surface area contributed by atoms with Crippen molar-refractivity contribution in [2.24, 2.45) is 0 Å². The van der Waals surface area contributed by atoms with Crippen LogP contribution < -0.4 is 10.6 Å². The van der Waals surface area contributed by atoms with Crippen molar-refractivity contribution >= 4 is 28.4 Å². The molecule has 5 rings (SSSR count). The molecule has 2 heterocycles. The van der Waals surface area contributed by atoms with Gasteiger partial charge in [-0.1, -0.05) is 35.9 Å². The third-order valence-corrected chi connectivity index (χ3v) is 6.83. The summed E-state index contributed by atoms with van der Waals surface area (Å²) in [5, 5.41) is 6.71. The molecule has 37 heavy (non-hydrogen) atoms. The van der Waals surface area contributed by atoms with E-state index in [4.69, 9.17) is 4.74 Å². The zero-order valence-corrected chi connectivity index (χ0v) is 21.0. The molecular formula is C30H30FN3O3. The number of rotatable bonds is 7. The van der Waals surface area contributed by atoms with Crippen molar-refractivity contribution in [1.82, 2.24) is 9.88 Å². The van der Waals surface area contributed by atoms with Crippen LogP contribution in [0.1, 0.15) is 51.7 Å². The first-order valence-electron chi connectivity index (χ1n) is 12.5. The minimum atomic E-state index is -0.469. The predicted octanol–water partition coefficient (Wildman–Crippen LogP) is 5.69. The minimum Gasteiger partial charge on any atom is -0.373 e. The summed E-state index contributed by atoms with van der Waals surface area (Å²) in [6.07, 6.45) is 1.90. The molecule has 3 aromatic carbocycles. The fourth-order valence-electron chi connectivity index (χ4n) is 4.87. The molecule has 0 aliphatic carbocycles. The van der Waals surface area contributed by atoms with Gasteiger partial charge in [0.2, 0.25) is 0 Å². The van der Waals surface area contributed by atoms with Gasteiger partial charge in [-0.2, -0.15) is 0 Å². The highest BCUT2D eigenvalue weighted by Crippen LogP contribution is 2.27. The molecule has 0 bridgehead atoms. The Kier molecular flexibility index (Phi) is 6.80. The van der Waals surface area contributed by atoms with Gasteiger partial charge in [-0.15, -0.1) is 0 Å². The lowest BCUT2D eigenvalue weighted by molar-refractivity contribution is 0.0205. The zero-order chi connectivity index (χ0) is 26.0. The molecule has 0 spiro atoms. The van der Waals surface area contributed by atoms with E-state index in [1.165, 1.54) is 18.2 Å². The van der Waals surface area contributed by atoms with Gasteiger partial charge in [0.25, 0.3) is 11.8 Å². The van der Waals surface area contributed by atoms with E-state index in [0.29, 0.717) is 31.1 Å². The van der Waals surface area contributed by atoms with Crippen molar-refractivity contribution in [2.45, 2.75) is 38.8 Å². The van der Waals surface area contributed by atoms with Gasteiger partial charge in [-0.3, -0.25) is 9.59 Å². The van der Waals surface area contributed by atoms with Gasteiger partial charge >= 0.3 is 0 Å². The molecule has 1 aromatic heterocycles. The van der Waals surface area contributed by atoms with Gasteiger partial charge in [0, 0.05) is 41.9 Å². The summed E-state index contributed by atoms with van der Waals surface area (Å²) >= 11 is 0. The van der Waals surface area contributed by atoms with Gasteiger partial charge in [0.15, 0.2) is 0 Å². The maximum atomic E-state index is 13.6. The highest BCUT2D eigenvalue weighted by molar-refractivity contribution is 6.06. The molecule has 1 atom stereocenters. The molecule has 7 heteroatoms. The Bertz CT molecular complexity index is 1470. The number of benzene rings is 3. The highest BCUT2D eigenvalue weighted by Gasteiger charge is 2.30. The molecule has 2 N–H and O–H groups in total. The summed E-state index contributed by atoms with van der Waals surface area (Å²) < 4.78 is 21.4. The molecule has 4 aromatic rings. The summed E-state index contributed by atoms with van der Waals surface area (Å²) in [7, 11) is 0. The number of fused-ring (bicyclic) bond motifs is 1. The lowest BCUT2D eigenvalue weighted by Crippen LogP contribution is -2.40. The maximum absolute atomic E-state index is 13.6. The summed E-state index contributed by atoms with van der Waals surface area (Å²) in [6.45, 7) is 5.74. The molecule has 1 aliphatic rings. The first-order valence-corrected chi connectivity index (χ1v) is 12.5. The quantitative estimate of drug-likeness (QED) is 0.343. The summed E-state index contributed by atoms with van der Waals surface area (Å²) in [5.74, 6) is -1.05. The Labute approximate surface area is 215 Å². The van der Waals surface area contributed by atoms with Crippen molar-refractivity contribution < 1.29 is 18.7 Å². The van der Waals surface area contributed by atoms with Crippen LogP contribution >= 0.6 is 0 Å². The predicted molar refractivity (Wildman–Crippen MR) is 142 cm³/mol. The topological polar surface area (TPSA) is 72.4 Å². The van der Waals surface area contributed by atoms with Crippen LogP contribution in [0, 0.1) is 12.7 Å². The first-order chi connectivity index (χ1) is 17.8. The lowest BCUT2D eigenvalue weighted by atomic mass is 10.0. The van der Waals surface area contributed by atoms with E-state index in [1.807, 2.05) is 54.8 Å². The summed E-state index contributed by atoms with van der Waals surface area (Å²) in [5.41, 5.74) is 4.09. The first kappa shape index (κ1) is 24.7. The van der Waals surface area contributed by atoms with Crippen LogP contribution in [0.25, 0.3) is 10.9 Å². The van der Waals surface area contributed by atoms with Crippen LogP contribution in [0.4, 0.5) is 10.1 Å². The van der Waals surface area contributed by atoms with Gasteiger partial charge in [0.05, 0.1) is 5.60 Å². The van der Waals surface area contributed by atoms with Crippen molar-refractivity contribution in [1.29, 1.82) is 0 Å². The molecule has 0 unspecified atom stereocenters. The number of aromatic nitrogens is 1. The molecule has 2 amide bonds. The molecule has 190 valence electrons. The molecule has 6 nitrogen and oxygen atoms in total. The van der Waals surface area contributed by atoms with Gasteiger partial charge < -0.3 is 19.9 Å². The standard InChI is InChI=1S/C30H30FN3O3/c1-20-6-3-7-21(14-20)18-34-26-11-10-25(33-28(35)22-8-4-9-24(31)15-22)16-23(26)17-27(34)29(36)32-19-30(2)12-5-13-37-30/h3-4,6-11,14-17H,5,12-13,18-19H2,1-2H3,(H,32,36)(H,33,35)/t30-/m1/s1. The van der Waals surface area contributed by atoms with E-state index in [9.17, 15) is 14.0 Å². The van der Waals surface area contributed by atoms with Crippen molar-refractivity contribution in [3.05, 3.63) is 101 Å². The number of aryl methyl sites for hydroxylation is 1. The number of anilines is 1. The second kappa shape index (κ2) is 10.2. The lowest BCUT2D eigenvalue weighted by Gasteiger charge is -2.23. The minimum absolute atomic E-state index is 0.175. The Balaban J connectivity index is 1.45. The van der Waals surface area contributed by atoms with Crippen LogP contribution in [0.5, 0.6) is 0 Å². The number of carbonyl (C=O) groups is 2. The van der Waals surface area contributed by atoms with Gasteiger partial charge in [-0.25, -0.2) is 4.39 Å². The van der Waals surface area contributed by atoms with E-state index in [1.54, 1.807) is 12.1 Å². The Morgan fingerprint density at radius 2 is 1.86 bits per heavy atom. The number of nitrogens with one attached hydrogen (secondary N) is 2. The second-order valence-electron chi connectivity index (χ2n) is 9.93. The largest absolute Gasteiger partial charge is 0.373 e. The van der Waals surface area contributed by atoms with E-state index in [-0.39, 0.29) is 17.1 Å². The van der Waals surface area contributed by atoms with E-state index >= 15 is 0 Å². The number of carbonyl (C=O) groups excluding carboxylic acids is 2. The number of halogens is 1. The Morgan fingerprint density at radius 3 is 2.62 bits per heavy atom. The molecule has 1 aliphatic heterocycles. The van der Waals surface area contributed by atoms with Crippen LogP contribution in [0.2, 0.25) is 0 Å². The number of amides is 2. The molecule has 1 fully saturated rings. The summed E-state index contributed by atoms with van der Waals surface area (Å²) in [6, 6.07) is 21.1. The number of ether oxygens (including phenoxy) is 1. The highest BCUT2D eigenvalue weighted by atomic mass is 19.1. The fourth-order valence-corrected chi connectivity index (χ4v) is 4.87. The van der Waals surface area contributed by atoms with Crippen molar-refractivity contribution in [2.75, 3.05) is 18.5 Å². The van der Waals surface area contributed by atoms with Crippen LogP contribution in [-0.2, 0) is 11.3 Å². The van der Waals surface area contributed by atoms with Crippen LogP contribution in [0.3, 0.4) is 0 Å². The number of hydrogen-bond acceptors (Lipinski definition) is 3. The van der Waals surface area contributed by atoms with Gasteiger partial charge in [-0.05, 0) is 74.7 Å². The molecule has 0 radical (unpaired) electrons. The third kappa shape index (κ3) is 5.57. The van der Waals surface area contributed by atoms with Crippen LogP contribution in [-0.4, -0.2) is 35.1 Å². The average Bonchev–Trinajstić information content (AvgIpc) is 3.46. The second-order valence-corrected chi connectivity index (χ2v) is 9.93. The van der Waals surface area contributed by atoms with E-state index in [0.717, 1.165) is 34.9 Å². The van der Waals surface area contributed by atoms with Crippen LogP contribution in [0.15, 0.2) is 72.8 Å². The Hall–Kier alpha value is -3.97. The molecular weight excluding hydrogens is 469 g/mol. The molecule has 0 saturated carbocycles. The molecule has 1 saturated heterocycles. The van der Waals surface area contributed by atoms with E-state index < -0.39 is 11.7 Å². The SMILES string of the molecule is Cc1cccc(Cn2c(C(=O)NC[C@@]3(C)CCCO3)cc3cc(NC(=O)c4cccc(F)c4)ccc32)c1. The fraction of sp³-hybridized carbons (Fsp3) is 0.267. The summed E-state index contributed by atoms with van der Waals surface area (Å²) in [4.78, 5) is 26.0. The zero-order valence-electron chi connectivity index (χ0n) is 21.0. The maximum Gasteiger partial charge on any atom is 0.268 e. The number of nitrogens with zero attached hydrogens (tertiary/aromatic N) is 1. The average molecular weight is 500 g/mol. The van der Waals surface area contributed by atoms with Gasteiger partial charge in [0.1, 0.15) is 11.5 Å². The Morgan fingerprint density at radius 1 is 1.03 bits per heavy atom. The normalized spacial score (nSPS) is 17.2. The van der Waals surface area contributed by atoms with E-state index in [2.05, 4.69) is 16.7 Å². The smallest absolute Gasteiger partial charge is 0.268 e.